The number of nitrogen functional groups attached to an aromatic ring is 1. The minimum absolute atomic E-state index is 0.103. The van der Waals surface area contributed by atoms with Crippen LogP contribution in [0.25, 0.3) is 16.7 Å². The van der Waals surface area contributed by atoms with Crippen LogP contribution in [0.5, 0.6) is 0 Å². The van der Waals surface area contributed by atoms with Crippen molar-refractivity contribution in [3.8, 4) is 11.8 Å². The molecule has 0 saturated carbocycles. The summed E-state index contributed by atoms with van der Waals surface area (Å²) in [5, 5.41) is 12.6. The quantitative estimate of drug-likeness (QED) is 0.550. The van der Waals surface area contributed by atoms with E-state index in [1.165, 1.54) is 18.5 Å². The molecule has 4 rings (SSSR count). The summed E-state index contributed by atoms with van der Waals surface area (Å²) in [6.07, 6.45) is 1.30. The third kappa shape index (κ3) is 3.23. The van der Waals surface area contributed by atoms with Gasteiger partial charge in [0, 0.05) is 6.07 Å². The smallest absolute Gasteiger partial charge is 0.150 e. The number of hydrogen-bond acceptors (Lipinski definition) is 6. The van der Waals surface area contributed by atoms with Crippen LogP contribution in [0.2, 0.25) is 0 Å². The summed E-state index contributed by atoms with van der Waals surface area (Å²) >= 11 is 0. The van der Waals surface area contributed by atoms with Crippen molar-refractivity contribution in [2.75, 3.05) is 11.1 Å². The molecule has 144 valence electrons. The Labute approximate surface area is 166 Å². The number of halogens is 1. The predicted octanol–water partition coefficient (Wildman–Crippen LogP) is 3.89. The fourth-order valence-electron chi connectivity index (χ4n) is 3.31. The van der Waals surface area contributed by atoms with Crippen molar-refractivity contribution >= 4 is 22.7 Å². The highest BCUT2D eigenvalue weighted by molar-refractivity contribution is 5.79. The Kier molecular flexibility index (Phi) is 4.56. The van der Waals surface area contributed by atoms with Gasteiger partial charge in [-0.3, -0.25) is 4.57 Å². The van der Waals surface area contributed by atoms with Crippen molar-refractivity contribution in [1.82, 2.24) is 19.5 Å². The minimum atomic E-state index is -0.355. The molecule has 0 aliphatic rings. The van der Waals surface area contributed by atoms with E-state index in [4.69, 9.17) is 10.7 Å². The summed E-state index contributed by atoms with van der Waals surface area (Å²) < 4.78 is 15.9. The molecule has 0 radical (unpaired) electrons. The van der Waals surface area contributed by atoms with Crippen LogP contribution in [0.15, 0.2) is 48.8 Å². The zero-order valence-electron chi connectivity index (χ0n) is 15.9. The normalized spacial score (nSPS) is 11.9. The van der Waals surface area contributed by atoms with Gasteiger partial charge in [-0.2, -0.15) is 5.26 Å². The Morgan fingerprint density at radius 1 is 1.21 bits per heavy atom. The second-order valence-electron chi connectivity index (χ2n) is 6.69. The lowest BCUT2D eigenvalue weighted by Crippen LogP contribution is -2.16. The number of hydrogen-bond donors (Lipinski definition) is 2. The van der Waals surface area contributed by atoms with Crippen LogP contribution < -0.4 is 11.1 Å². The molecule has 0 aliphatic heterocycles. The van der Waals surface area contributed by atoms with Gasteiger partial charge in [-0.1, -0.05) is 18.2 Å². The van der Waals surface area contributed by atoms with E-state index in [-0.39, 0.29) is 23.2 Å². The first-order valence-electron chi connectivity index (χ1n) is 9.00. The molecule has 0 saturated heterocycles. The molecule has 0 aliphatic carbocycles. The predicted molar refractivity (Wildman–Crippen MR) is 109 cm³/mol. The number of para-hydroxylation sites is 1. The molecule has 0 fully saturated rings. The number of imidazole rings is 1. The zero-order chi connectivity index (χ0) is 20.5. The van der Waals surface area contributed by atoms with Crippen molar-refractivity contribution < 1.29 is 4.39 Å². The molecule has 2 heterocycles. The fourth-order valence-corrected chi connectivity index (χ4v) is 3.31. The Morgan fingerprint density at radius 3 is 2.76 bits per heavy atom. The Morgan fingerprint density at radius 2 is 2.00 bits per heavy atom. The van der Waals surface area contributed by atoms with Gasteiger partial charge in [0.05, 0.1) is 22.8 Å². The third-order valence-corrected chi connectivity index (χ3v) is 4.73. The molecular formula is C21H18FN7. The van der Waals surface area contributed by atoms with Crippen molar-refractivity contribution in [2.45, 2.75) is 19.9 Å². The maximum absolute atomic E-state index is 14.0. The molecule has 29 heavy (non-hydrogen) atoms. The largest absolute Gasteiger partial charge is 0.382 e. The number of nitrogens with two attached hydrogens (primary N) is 1. The van der Waals surface area contributed by atoms with Crippen LogP contribution in [0.4, 0.5) is 16.0 Å². The van der Waals surface area contributed by atoms with Gasteiger partial charge in [0.25, 0.3) is 0 Å². The maximum Gasteiger partial charge on any atom is 0.150 e. The highest BCUT2D eigenvalue weighted by atomic mass is 19.1. The number of rotatable bonds is 4. The average Bonchev–Trinajstić information content (AvgIpc) is 3.07. The van der Waals surface area contributed by atoms with E-state index >= 15 is 0 Å². The first-order chi connectivity index (χ1) is 14.0. The van der Waals surface area contributed by atoms with Crippen LogP contribution in [-0.4, -0.2) is 19.5 Å². The maximum atomic E-state index is 14.0. The molecule has 0 spiro atoms. The number of nitrogens with one attached hydrogen (secondary N) is 1. The first kappa shape index (κ1) is 18.4. The van der Waals surface area contributed by atoms with E-state index in [9.17, 15) is 9.65 Å². The van der Waals surface area contributed by atoms with Crippen molar-refractivity contribution in [3.05, 3.63) is 71.6 Å². The molecule has 7 nitrogen and oxygen atoms in total. The molecule has 1 atom stereocenters. The highest BCUT2D eigenvalue weighted by Gasteiger charge is 2.21. The summed E-state index contributed by atoms with van der Waals surface area (Å²) in [5.74, 6) is 0.740. The van der Waals surface area contributed by atoms with Crippen molar-refractivity contribution in [3.63, 3.8) is 0 Å². The average molecular weight is 387 g/mol. The van der Waals surface area contributed by atoms with E-state index in [1.807, 2.05) is 48.7 Å². The van der Waals surface area contributed by atoms with Gasteiger partial charge in [-0.05, 0) is 37.6 Å². The number of aromatic nitrogens is 4. The van der Waals surface area contributed by atoms with Gasteiger partial charge in [0.1, 0.15) is 41.2 Å². The number of nitrogens with zero attached hydrogens (tertiary/aromatic N) is 5. The second-order valence-corrected chi connectivity index (χ2v) is 6.69. The highest BCUT2D eigenvalue weighted by Crippen LogP contribution is 2.29. The molecule has 2 aromatic heterocycles. The van der Waals surface area contributed by atoms with E-state index in [1.54, 1.807) is 6.07 Å². The van der Waals surface area contributed by atoms with E-state index in [0.717, 1.165) is 11.3 Å². The number of nitriles is 1. The molecule has 0 amide bonds. The lowest BCUT2D eigenvalue weighted by molar-refractivity contribution is 0.629. The summed E-state index contributed by atoms with van der Waals surface area (Å²) in [7, 11) is 0. The zero-order valence-corrected chi connectivity index (χ0v) is 15.9. The molecule has 3 N–H and O–H groups in total. The van der Waals surface area contributed by atoms with Gasteiger partial charge in [0.2, 0.25) is 0 Å². The van der Waals surface area contributed by atoms with E-state index in [0.29, 0.717) is 22.7 Å². The minimum Gasteiger partial charge on any atom is -0.382 e. The SMILES string of the molecule is Cc1ccccc1-n1c([C@@H](C)Nc2ncnc(N)c2C#N)nc2ccc(F)cc21. The van der Waals surface area contributed by atoms with Gasteiger partial charge in [-0.25, -0.2) is 19.3 Å². The van der Waals surface area contributed by atoms with Crippen LogP contribution in [0, 0.1) is 24.1 Å². The summed E-state index contributed by atoms with van der Waals surface area (Å²) in [6.45, 7) is 3.88. The lowest BCUT2D eigenvalue weighted by atomic mass is 10.2. The summed E-state index contributed by atoms with van der Waals surface area (Å²) in [4.78, 5) is 12.7. The Hall–Kier alpha value is -3.99. The molecule has 0 unspecified atom stereocenters. The monoisotopic (exact) mass is 387 g/mol. The fraction of sp³-hybridized carbons (Fsp3) is 0.143. The molecular weight excluding hydrogens is 369 g/mol. The molecule has 4 aromatic rings. The topological polar surface area (TPSA) is 105 Å². The van der Waals surface area contributed by atoms with E-state index < -0.39 is 0 Å². The van der Waals surface area contributed by atoms with E-state index in [2.05, 4.69) is 15.3 Å². The number of fused-ring (bicyclic) bond motifs is 1. The lowest BCUT2D eigenvalue weighted by Gasteiger charge is -2.18. The second kappa shape index (κ2) is 7.20. The third-order valence-electron chi connectivity index (χ3n) is 4.73. The molecule has 0 bridgehead atoms. The van der Waals surface area contributed by atoms with Crippen LogP contribution in [0.1, 0.15) is 29.9 Å². The van der Waals surface area contributed by atoms with Crippen LogP contribution >= 0.6 is 0 Å². The van der Waals surface area contributed by atoms with Gasteiger partial charge >= 0.3 is 0 Å². The van der Waals surface area contributed by atoms with Gasteiger partial charge < -0.3 is 11.1 Å². The van der Waals surface area contributed by atoms with Crippen molar-refractivity contribution in [2.24, 2.45) is 0 Å². The van der Waals surface area contributed by atoms with Crippen LogP contribution in [-0.2, 0) is 0 Å². The standard InChI is InChI=1S/C21H18FN7/c1-12-5-3-4-6-17(12)29-18-9-14(22)7-8-16(18)28-21(29)13(2)27-20-15(10-23)19(24)25-11-26-20/h3-9,11,13H,1-2H3,(H3,24,25,26,27)/t13-/m1/s1. The van der Waals surface area contributed by atoms with Crippen LogP contribution in [0.3, 0.4) is 0 Å². The number of anilines is 2. The Balaban J connectivity index is 1.88. The number of benzene rings is 2. The summed E-state index contributed by atoms with van der Waals surface area (Å²) in [6, 6.07) is 14.0. The Bertz CT molecular complexity index is 1260. The molecule has 2 aromatic carbocycles. The summed E-state index contributed by atoms with van der Waals surface area (Å²) in [5.41, 5.74) is 9.20. The van der Waals surface area contributed by atoms with Gasteiger partial charge in [-0.15, -0.1) is 0 Å². The molecule has 8 heteroatoms. The van der Waals surface area contributed by atoms with Gasteiger partial charge in [0.15, 0.2) is 0 Å². The van der Waals surface area contributed by atoms with Crippen molar-refractivity contribution in [1.29, 1.82) is 5.26 Å². The first-order valence-corrected chi connectivity index (χ1v) is 9.00. The number of aryl methyl sites for hydroxylation is 1.